The maximum atomic E-state index is 12.6. The van der Waals surface area contributed by atoms with E-state index < -0.39 is 0 Å². The summed E-state index contributed by atoms with van der Waals surface area (Å²) in [6.45, 7) is 5.80. The zero-order chi connectivity index (χ0) is 29.0. The molecular weight excluding hydrogens is 508 g/mol. The van der Waals surface area contributed by atoms with Gasteiger partial charge in [0.05, 0.1) is 12.2 Å². The lowest BCUT2D eigenvalue weighted by atomic mass is 9.79. The van der Waals surface area contributed by atoms with E-state index in [0.29, 0.717) is 30.4 Å². The zero-order valence-corrected chi connectivity index (χ0v) is 25.8. The van der Waals surface area contributed by atoms with Gasteiger partial charge >= 0.3 is 5.97 Å². The Labute approximate surface area is 249 Å². The standard InChI is InChI=1S/C37H54O4/c1-3-5-7-8-9-10-11-13-29-39-34-23-21-33(22-24-34)37(38)41-36-27-25-35(26-28-36)40-30-14-16-32-19-17-31(18-20-32)15-12-6-4-2/h14,16,21-28,31-32H,3-13,15,17-20,29-30H2,1-2H3/t31-,32-. The van der Waals surface area contributed by atoms with Crippen LogP contribution in [-0.2, 0) is 0 Å². The second-order valence-electron chi connectivity index (χ2n) is 11.7. The Bertz CT molecular complexity index is 971. The van der Waals surface area contributed by atoms with Crippen LogP contribution in [0.15, 0.2) is 60.7 Å². The summed E-state index contributed by atoms with van der Waals surface area (Å²) in [5.41, 5.74) is 0.505. The zero-order valence-electron chi connectivity index (χ0n) is 25.8. The summed E-state index contributed by atoms with van der Waals surface area (Å²) >= 11 is 0. The highest BCUT2D eigenvalue weighted by Crippen LogP contribution is 2.32. The van der Waals surface area contributed by atoms with Gasteiger partial charge in [-0.05, 0) is 92.5 Å². The average Bonchev–Trinajstić information content (AvgIpc) is 3.00. The highest BCUT2D eigenvalue weighted by Gasteiger charge is 2.18. The van der Waals surface area contributed by atoms with Gasteiger partial charge in [-0.25, -0.2) is 4.79 Å². The summed E-state index contributed by atoms with van der Waals surface area (Å²) in [5, 5.41) is 0. The number of ether oxygens (including phenoxy) is 3. The van der Waals surface area contributed by atoms with Crippen LogP contribution in [0.2, 0.25) is 0 Å². The predicted molar refractivity (Wildman–Crippen MR) is 170 cm³/mol. The number of allylic oxidation sites excluding steroid dienone is 1. The summed E-state index contributed by atoms with van der Waals surface area (Å²) in [6, 6.07) is 14.4. The van der Waals surface area contributed by atoms with Gasteiger partial charge in [-0.3, -0.25) is 0 Å². The van der Waals surface area contributed by atoms with Gasteiger partial charge in [-0.1, -0.05) is 96.6 Å². The third-order valence-corrected chi connectivity index (χ3v) is 8.25. The number of esters is 1. The van der Waals surface area contributed by atoms with Gasteiger partial charge in [0.15, 0.2) is 0 Å². The van der Waals surface area contributed by atoms with Gasteiger partial charge in [0.1, 0.15) is 23.9 Å². The van der Waals surface area contributed by atoms with Crippen molar-refractivity contribution in [2.75, 3.05) is 13.2 Å². The highest BCUT2D eigenvalue weighted by molar-refractivity contribution is 5.91. The van der Waals surface area contributed by atoms with Crippen LogP contribution < -0.4 is 14.2 Å². The van der Waals surface area contributed by atoms with E-state index in [9.17, 15) is 4.79 Å². The fourth-order valence-corrected chi connectivity index (χ4v) is 5.63. The molecular formula is C37H54O4. The molecule has 0 saturated heterocycles. The largest absolute Gasteiger partial charge is 0.494 e. The Kier molecular flexibility index (Phi) is 16.1. The third-order valence-electron chi connectivity index (χ3n) is 8.25. The molecule has 4 nitrogen and oxygen atoms in total. The molecule has 0 heterocycles. The molecule has 1 saturated carbocycles. The normalized spacial score (nSPS) is 17.0. The van der Waals surface area contributed by atoms with Crippen LogP contribution in [0.1, 0.15) is 127 Å². The Morgan fingerprint density at radius 1 is 0.683 bits per heavy atom. The quantitative estimate of drug-likeness (QED) is 0.0697. The van der Waals surface area contributed by atoms with Gasteiger partial charge < -0.3 is 14.2 Å². The van der Waals surface area contributed by atoms with E-state index in [-0.39, 0.29) is 5.97 Å². The molecule has 2 aromatic rings. The van der Waals surface area contributed by atoms with E-state index in [2.05, 4.69) is 26.0 Å². The maximum absolute atomic E-state index is 12.6. The van der Waals surface area contributed by atoms with Gasteiger partial charge in [0.25, 0.3) is 0 Å². The summed E-state index contributed by atoms with van der Waals surface area (Å²) < 4.78 is 17.3. The van der Waals surface area contributed by atoms with E-state index >= 15 is 0 Å². The molecule has 0 aliphatic heterocycles. The number of rotatable bonds is 20. The Morgan fingerprint density at radius 2 is 1.24 bits per heavy atom. The molecule has 1 aliphatic rings. The van der Waals surface area contributed by atoms with Crippen molar-refractivity contribution < 1.29 is 19.0 Å². The lowest BCUT2D eigenvalue weighted by Crippen LogP contribution is -2.13. The first-order chi connectivity index (χ1) is 20.2. The van der Waals surface area contributed by atoms with E-state index in [1.54, 1.807) is 24.3 Å². The van der Waals surface area contributed by atoms with Crippen LogP contribution in [-0.4, -0.2) is 19.2 Å². The number of hydrogen-bond donors (Lipinski definition) is 0. The molecule has 1 fully saturated rings. The lowest BCUT2D eigenvalue weighted by Gasteiger charge is -2.26. The Morgan fingerprint density at radius 3 is 1.93 bits per heavy atom. The molecule has 0 amide bonds. The third kappa shape index (κ3) is 13.6. The Hall–Kier alpha value is -2.75. The topological polar surface area (TPSA) is 44.8 Å². The molecule has 0 spiro atoms. The molecule has 0 bridgehead atoms. The molecule has 2 aromatic carbocycles. The maximum Gasteiger partial charge on any atom is 0.343 e. The van der Waals surface area contributed by atoms with E-state index in [0.717, 1.165) is 23.8 Å². The minimum atomic E-state index is -0.378. The highest BCUT2D eigenvalue weighted by atomic mass is 16.5. The summed E-state index contributed by atoms with van der Waals surface area (Å²) in [7, 11) is 0. The lowest BCUT2D eigenvalue weighted by molar-refractivity contribution is 0.0734. The van der Waals surface area contributed by atoms with Crippen molar-refractivity contribution in [2.45, 2.75) is 117 Å². The summed E-state index contributed by atoms with van der Waals surface area (Å²) in [6.07, 6.45) is 25.6. The molecule has 0 aromatic heterocycles. The number of benzene rings is 2. The van der Waals surface area contributed by atoms with Crippen LogP contribution in [0, 0.1) is 11.8 Å². The van der Waals surface area contributed by atoms with Gasteiger partial charge in [-0.2, -0.15) is 0 Å². The number of unbranched alkanes of at least 4 members (excludes halogenated alkanes) is 9. The van der Waals surface area contributed by atoms with Crippen LogP contribution in [0.25, 0.3) is 0 Å². The van der Waals surface area contributed by atoms with Crippen molar-refractivity contribution in [1.82, 2.24) is 0 Å². The van der Waals surface area contributed by atoms with Crippen molar-refractivity contribution in [1.29, 1.82) is 0 Å². The second kappa shape index (κ2) is 20.2. The Balaban J connectivity index is 1.28. The fourth-order valence-electron chi connectivity index (χ4n) is 5.63. The minimum Gasteiger partial charge on any atom is -0.494 e. The van der Waals surface area contributed by atoms with Crippen molar-refractivity contribution >= 4 is 5.97 Å². The van der Waals surface area contributed by atoms with Crippen LogP contribution >= 0.6 is 0 Å². The first-order valence-corrected chi connectivity index (χ1v) is 16.5. The average molecular weight is 563 g/mol. The van der Waals surface area contributed by atoms with Crippen LogP contribution in [0.5, 0.6) is 17.2 Å². The van der Waals surface area contributed by atoms with E-state index in [1.807, 2.05) is 24.3 Å². The molecule has 1 aliphatic carbocycles. The minimum absolute atomic E-state index is 0.378. The van der Waals surface area contributed by atoms with Crippen molar-refractivity contribution in [2.24, 2.45) is 11.8 Å². The molecule has 226 valence electrons. The molecule has 0 unspecified atom stereocenters. The van der Waals surface area contributed by atoms with E-state index in [1.165, 1.54) is 96.3 Å². The fraction of sp³-hybridized carbons (Fsp3) is 0.595. The van der Waals surface area contributed by atoms with Gasteiger partial charge in [-0.15, -0.1) is 0 Å². The SMILES string of the molecule is CCCCCCCCCCOc1ccc(C(=O)Oc2ccc(OCC=C[C@H]3CC[C@H](CCCCC)CC3)cc2)cc1. The van der Waals surface area contributed by atoms with Crippen LogP contribution in [0.4, 0.5) is 0 Å². The number of carbonyl (C=O) groups is 1. The molecule has 3 rings (SSSR count). The summed E-state index contributed by atoms with van der Waals surface area (Å²) in [5.74, 6) is 3.32. The van der Waals surface area contributed by atoms with E-state index in [4.69, 9.17) is 14.2 Å². The van der Waals surface area contributed by atoms with Crippen molar-refractivity contribution in [3.63, 3.8) is 0 Å². The molecule has 0 atom stereocenters. The smallest absolute Gasteiger partial charge is 0.343 e. The van der Waals surface area contributed by atoms with Gasteiger partial charge in [0.2, 0.25) is 0 Å². The number of carbonyl (C=O) groups excluding carboxylic acids is 1. The molecule has 41 heavy (non-hydrogen) atoms. The van der Waals surface area contributed by atoms with Gasteiger partial charge in [0, 0.05) is 0 Å². The summed E-state index contributed by atoms with van der Waals surface area (Å²) in [4.78, 5) is 12.6. The number of hydrogen-bond acceptors (Lipinski definition) is 4. The van der Waals surface area contributed by atoms with Crippen LogP contribution in [0.3, 0.4) is 0 Å². The molecule has 0 radical (unpaired) electrons. The monoisotopic (exact) mass is 562 g/mol. The van der Waals surface area contributed by atoms with Crippen molar-refractivity contribution in [3.05, 3.63) is 66.2 Å². The predicted octanol–water partition coefficient (Wildman–Crippen LogP) is 10.7. The van der Waals surface area contributed by atoms with Crippen molar-refractivity contribution in [3.8, 4) is 17.2 Å². The molecule has 4 heteroatoms. The second-order valence-corrected chi connectivity index (χ2v) is 11.7. The first-order valence-electron chi connectivity index (χ1n) is 16.5. The first kappa shape index (κ1) is 32.8. The molecule has 0 N–H and O–H groups in total.